The molecule has 0 saturated carbocycles. The SMILES string of the molecule is C=C1O[C@@H](n2ccc(=O)[nH]c2=O)[C@H](O)[C@@H]1O.O=c1ccn([C@@H]2O[C@H](CI)[C@@H](O)[C@H]2O)c(=O)[nH]1. The van der Waals surface area contributed by atoms with Crippen molar-refractivity contribution in [2.45, 2.75) is 43.0 Å². The average Bonchev–Trinajstić information content (AvgIpc) is 3.19. The normalized spacial score (nSPS) is 31.1. The third-order valence-electron chi connectivity index (χ3n) is 4.96. The fourth-order valence-corrected chi connectivity index (χ4v) is 3.93. The number of aromatic nitrogens is 4. The van der Waals surface area contributed by atoms with Crippen molar-refractivity contribution in [3.8, 4) is 0 Å². The highest BCUT2D eigenvalue weighted by atomic mass is 127. The molecule has 2 fully saturated rings. The summed E-state index contributed by atoms with van der Waals surface area (Å²) in [6.07, 6.45) is -4.96. The van der Waals surface area contributed by atoms with Gasteiger partial charge in [0, 0.05) is 29.0 Å². The first-order valence-corrected chi connectivity index (χ1v) is 11.0. The fraction of sp³-hybridized carbons (Fsp3) is 0.444. The lowest BCUT2D eigenvalue weighted by Gasteiger charge is -2.16. The Balaban J connectivity index is 0.000000186. The lowest BCUT2D eigenvalue weighted by molar-refractivity contribution is -0.0335. The molecule has 2 aliphatic heterocycles. The van der Waals surface area contributed by atoms with Gasteiger partial charge < -0.3 is 29.9 Å². The smallest absolute Gasteiger partial charge is 0.331 e. The number of nitrogens with one attached hydrogen (secondary N) is 2. The molecule has 2 aliphatic rings. The Hall–Kier alpha value is -2.57. The average molecular weight is 580 g/mol. The van der Waals surface area contributed by atoms with E-state index < -0.39 is 65.5 Å². The second-order valence-corrected chi connectivity index (χ2v) is 8.03. The summed E-state index contributed by atoms with van der Waals surface area (Å²) in [6, 6.07) is 2.27. The van der Waals surface area contributed by atoms with Crippen LogP contribution in [0.4, 0.5) is 0 Å². The number of aliphatic hydroxyl groups is 4. The van der Waals surface area contributed by atoms with Crippen molar-refractivity contribution in [2.24, 2.45) is 0 Å². The number of rotatable bonds is 3. The standard InChI is InChI=1S/C9H11IN2O5.C9H10N2O5/c10-3-4-6(14)7(15)8(17-4)12-2-1-5(13)11-9(12)16;1-4-6(13)7(14)8(16-4)11-3-2-5(12)10-9(11)15/h1-2,4,6-8,14-15H,3H2,(H,11,13,16);2-3,6-8,13-14H,1H2,(H,10,12,15)/t4-,6-,7-,8-;6-,7-,8-/m11/s1. The second-order valence-electron chi connectivity index (χ2n) is 7.15. The van der Waals surface area contributed by atoms with Crippen LogP contribution in [-0.4, -0.2) is 74.5 Å². The molecule has 0 unspecified atom stereocenters. The highest BCUT2D eigenvalue weighted by Crippen LogP contribution is 2.30. The molecule has 0 bridgehead atoms. The maximum atomic E-state index is 11.5. The van der Waals surface area contributed by atoms with E-state index >= 15 is 0 Å². The highest BCUT2D eigenvalue weighted by molar-refractivity contribution is 14.1. The molecule has 2 saturated heterocycles. The highest BCUT2D eigenvalue weighted by Gasteiger charge is 2.43. The summed E-state index contributed by atoms with van der Waals surface area (Å²) in [6.45, 7) is 3.39. The van der Waals surface area contributed by atoms with E-state index in [1.807, 2.05) is 27.6 Å². The monoisotopic (exact) mass is 580 g/mol. The zero-order valence-electron chi connectivity index (χ0n) is 16.8. The van der Waals surface area contributed by atoms with Gasteiger partial charge in [0.1, 0.15) is 30.2 Å². The molecule has 0 spiro atoms. The van der Waals surface area contributed by atoms with E-state index in [1.54, 1.807) is 0 Å². The summed E-state index contributed by atoms with van der Waals surface area (Å²) >= 11 is 2.02. The van der Waals surface area contributed by atoms with Gasteiger partial charge in [-0.1, -0.05) is 29.2 Å². The summed E-state index contributed by atoms with van der Waals surface area (Å²) < 4.78 is 12.9. The second kappa shape index (κ2) is 10.1. The molecular weight excluding hydrogens is 559 g/mol. The predicted octanol–water partition coefficient (Wildman–Crippen LogP) is -3.11. The van der Waals surface area contributed by atoms with Gasteiger partial charge in [-0.2, -0.15) is 0 Å². The number of H-pyrrole nitrogens is 2. The third kappa shape index (κ3) is 5.17. The number of nitrogens with zero attached hydrogens (tertiary/aromatic N) is 2. The van der Waals surface area contributed by atoms with Gasteiger partial charge in [0.15, 0.2) is 6.23 Å². The number of alkyl halides is 1. The molecule has 180 valence electrons. The number of aromatic amines is 2. The van der Waals surface area contributed by atoms with E-state index in [-0.39, 0.29) is 5.76 Å². The summed E-state index contributed by atoms with van der Waals surface area (Å²) in [5.74, 6) is -0.0180. The largest absolute Gasteiger partial charge is 0.469 e. The van der Waals surface area contributed by atoms with Crippen LogP contribution in [0.15, 0.2) is 56.0 Å². The van der Waals surface area contributed by atoms with Crippen molar-refractivity contribution in [3.63, 3.8) is 0 Å². The summed E-state index contributed by atoms with van der Waals surface area (Å²) in [5, 5.41) is 38.4. The van der Waals surface area contributed by atoms with E-state index in [0.717, 1.165) is 21.3 Å². The van der Waals surface area contributed by atoms with Crippen molar-refractivity contribution < 1.29 is 29.9 Å². The van der Waals surface area contributed by atoms with Gasteiger partial charge in [-0.15, -0.1) is 0 Å². The minimum atomic E-state index is -1.30. The Labute approximate surface area is 197 Å². The first kappa shape index (κ1) is 25.1. The predicted molar refractivity (Wildman–Crippen MR) is 119 cm³/mol. The van der Waals surface area contributed by atoms with E-state index in [2.05, 4.69) is 11.6 Å². The molecule has 2 aromatic rings. The Bertz CT molecular complexity index is 1240. The molecule has 14 nitrogen and oxygen atoms in total. The molecule has 0 amide bonds. The van der Waals surface area contributed by atoms with E-state index in [0.29, 0.717) is 4.43 Å². The summed E-state index contributed by atoms with van der Waals surface area (Å²) in [7, 11) is 0. The van der Waals surface area contributed by atoms with Crippen molar-refractivity contribution in [3.05, 3.63) is 78.5 Å². The minimum absolute atomic E-state index is 0.0180. The van der Waals surface area contributed by atoms with Crippen LogP contribution in [0, 0.1) is 0 Å². The van der Waals surface area contributed by atoms with Gasteiger partial charge in [-0.25, -0.2) is 9.59 Å². The molecule has 0 aromatic carbocycles. The fourth-order valence-electron chi connectivity index (χ4n) is 3.20. The first-order chi connectivity index (χ1) is 15.5. The van der Waals surface area contributed by atoms with Gasteiger partial charge in [-0.05, 0) is 0 Å². The van der Waals surface area contributed by atoms with Crippen LogP contribution in [0.5, 0.6) is 0 Å². The van der Waals surface area contributed by atoms with Crippen molar-refractivity contribution >= 4 is 22.6 Å². The molecule has 4 heterocycles. The van der Waals surface area contributed by atoms with Crippen LogP contribution in [0.1, 0.15) is 12.5 Å². The van der Waals surface area contributed by atoms with Crippen molar-refractivity contribution in [1.82, 2.24) is 19.1 Å². The Kier molecular flexibility index (Phi) is 7.70. The maximum Gasteiger partial charge on any atom is 0.331 e. The lowest BCUT2D eigenvalue weighted by Crippen LogP contribution is -2.37. The van der Waals surface area contributed by atoms with Gasteiger partial charge in [0.25, 0.3) is 11.1 Å². The number of hydrogen-bond donors (Lipinski definition) is 6. The number of ether oxygens (including phenoxy) is 2. The first-order valence-electron chi connectivity index (χ1n) is 9.47. The van der Waals surface area contributed by atoms with Gasteiger partial charge in [0.2, 0.25) is 6.23 Å². The Morgan fingerprint density at radius 3 is 1.79 bits per heavy atom. The molecular formula is C18H21IN4O10. The van der Waals surface area contributed by atoms with Crippen LogP contribution >= 0.6 is 22.6 Å². The molecule has 6 N–H and O–H groups in total. The summed E-state index contributed by atoms with van der Waals surface area (Å²) in [4.78, 5) is 48.7. The van der Waals surface area contributed by atoms with E-state index in [1.165, 1.54) is 12.4 Å². The molecule has 7 atom stereocenters. The van der Waals surface area contributed by atoms with Crippen LogP contribution in [-0.2, 0) is 9.47 Å². The van der Waals surface area contributed by atoms with Gasteiger partial charge in [0.05, 0.1) is 6.10 Å². The van der Waals surface area contributed by atoms with Crippen LogP contribution in [0.3, 0.4) is 0 Å². The van der Waals surface area contributed by atoms with Crippen molar-refractivity contribution in [2.75, 3.05) is 4.43 Å². The molecule has 2 aromatic heterocycles. The van der Waals surface area contributed by atoms with E-state index in [9.17, 15) is 39.6 Å². The minimum Gasteiger partial charge on any atom is -0.469 e. The van der Waals surface area contributed by atoms with Crippen LogP contribution < -0.4 is 22.5 Å². The molecule has 0 aliphatic carbocycles. The molecule has 33 heavy (non-hydrogen) atoms. The van der Waals surface area contributed by atoms with Crippen LogP contribution in [0.25, 0.3) is 0 Å². The molecule has 15 heteroatoms. The number of hydrogen-bond acceptors (Lipinski definition) is 10. The van der Waals surface area contributed by atoms with Crippen molar-refractivity contribution in [1.29, 1.82) is 0 Å². The summed E-state index contributed by atoms with van der Waals surface area (Å²) in [5.41, 5.74) is -2.47. The zero-order valence-corrected chi connectivity index (χ0v) is 18.9. The van der Waals surface area contributed by atoms with Crippen LogP contribution in [0.2, 0.25) is 0 Å². The van der Waals surface area contributed by atoms with E-state index in [4.69, 9.17) is 9.47 Å². The Morgan fingerprint density at radius 2 is 1.39 bits per heavy atom. The topological polar surface area (TPSA) is 209 Å². The number of halogens is 1. The molecule has 4 rings (SSSR count). The van der Waals surface area contributed by atoms with Gasteiger partial charge >= 0.3 is 11.4 Å². The Morgan fingerprint density at radius 1 is 0.879 bits per heavy atom. The lowest BCUT2D eigenvalue weighted by atomic mass is 10.1. The number of aliphatic hydroxyl groups excluding tert-OH is 4. The third-order valence-corrected chi connectivity index (χ3v) is 5.83. The zero-order chi connectivity index (χ0) is 24.4. The quantitative estimate of drug-likeness (QED) is 0.159. The maximum absolute atomic E-state index is 11.5. The molecule has 0 radical (unpaired) electrons. The van der Waals surface area contributed by atoms with Gasteiger partial charge in [-0.3, -0.25) is 28.7 Å².